The maximum atomic E-state index is 6.11. The number of benzene rings is 1. The molecule has 1 saturated heterocycles. The normalized spacial score (nSPS) is 20.0. The summed E-state index contributed by atoms with van der Waals surface area (Å²) in [6, 6.07) is 8.11. The highest BCUT2D eigenvalue weighted by molar-refractivity contribution is 14.0. The molecule has 1 aliphatic carbocycles. The van der Waals surface area contributed by atoms with Crippen molar-refractivity contribution in [2.45, 2.75) is 24.7 Å². The van der Waals surface area contributed by atoms with E-state index in [1.165, 1.54) is 5.56 Å². The number of rotatable bonds is 7. The number of nitrogens with two attached hydrogens (primary N) is 1. The minimum Gasteiger partial charge on any atom is -0.379 e. The van der Waals surface area contributed by atoms with Gasteiger partial charge >= 0.3 is 0 Å². The van der Waals surface area contributed by atoms with Gasteiger partial charge in [0, 0.05) is 30.1 Å². The molecule has 0 unspecified atom stereocenters. The minimum absolute atomic E-state index is 0. The van der Waals surface area contributed by atoms with E-state index in [1.807, 2.05) is 12.1 Å². The summed E-state index contributed by atoms with van der Waals surface area (Å²) in [5, 5.41) is 4.02. The van der Waals surface area contributed by atoms with Gasteiger partial charge in [-0.15, -0.1) is 24.0 Å². The lowest BCUT2D eigenvalue weighted by atomic mass is 9.96. The summed E-state index contributed by atoms with van der Waals surface area (Å²) in [4.78, 5) is 6.98. The molecule has 1 aromatic carbocycles. The molecule has 2 aliphatic rings. The van der Waals surface area contributed by atoms with E-state index in [0.29, 0.717) is 5.96 Å². The second-order valence-electron chi connectivity index (χ2n) is 6.73. The molecule has 2 fully saturated rings. The van der Waals surface area contributed by atoms with Crippen LogP contribution in [0, 0.1) is 0 Å². The number of morpholine rings is 1. The van der Waals surface area contributed by atoms with Gasteiger partial charge < -0.3 is 15.8 Å². The second-order valence-corrected chi connectivity index (χ2v) is 7.16. The molecule has 25 heavy (non-hydrogen) atoms. The summed E-state index contributed by atoms with van der Waals surface area (Å²) in [5.41, 5.74) is 7.44. The van der Waals surface area contributed by atoms with Crippen molar-refractivity contribution in [1.82, 2.24) is 10.2 Å². The Kier molecular flexibility index (Phi) is 8.25. The zero-order valence-electron chi connectivity index (χ0n) is 14.5. The van der Waals surface area contributed by atoms with Gasteiger partial charge in [-0.2, -0.15) is 0 Å². The van der Waals surface area contributed by atoms with Crippen LogP contribution in [0.3, 0.4) is 0 Å². The van der Waals surface area contributed by atoms with E-state index in [-0.39, 0.29) is 29.4 Å². The molecule has 0 amide bonds. The lowest BCUT2D eigenvalue weighted by Crippen LogP contribution is -2.39. The van der Waals surface area contributed by atoms with Crippen LogP contribution in [0.1, 0.15) is 24.8 Å². The predicted molar refractivity (Wildman–Crippen MR) is 114 cm³/mol. The number of aliphatic imine (C=N–C) groups is 1. The van der Waals surface area contributed by atoms with E-state index in [2.05, 4.69) is 27.3 Å². The Morgan fingerprint density at radius 1 is 1.32 bits per heavy atom. The third-order valence-electron chi connectivity index (χ3n) is 4.90. The fraction of sp³-hybridized carbons (Fsp3) is 0.611. The number of guanidine groups is 1. The standard InChI is InChI=1S/C18H27ClN4O.HI/c19-16-4-1-3-15(13-16)18(5-6-18)14-22-17(20)21-7-2-8-23-9-11-24-12-10-23;/h1,3-4,13H,2,5-12,14H2,(H3,20,21,22);1H. The third-order valence-corrected chi connectivity index (χ3v) is 5.14. The van der Waals surface area contributed by atoms with Crippen LogP contribution in [0.25, 0.3) is 0 Å². The molecule has 1 aromatic rings. The van der Waals surface area contributed by atoms with Gasteiger partial charge in [0.25, 0.3) is 0 Å². The maximum Gasteiger partial charge on any atom is 0.188 e. The van der Waals surface area contributed by atoms with Crippen molar-refractivity contribution >= 4 is 41.5 Å². The Morgan fingerprint density at radius 2 is 2.08 bits per heavy atom. The number of nitrogens with zero attached hydrogens (tertiary/aromatic N) is 2. The average molecular weight is 479 g/mol. The van der Waals surface area contributed by atoms with Crippen molar-refractivity contribution in [1.29, 1.82) is 0 Å². The summed E-state index contributed by atoms with van der Waals surface area (Å²) in [7, 11) is 0. The number of ether oxygens (including phenoxy) is 1. The smallest absolute Gasteiger partial charge is 0.188 e. The molecule has 7 heteroatoms. The molecule has 1 heterocycles. The van der Waals surface area contributed by atoms with E-state index in [4.69, 9.17) is 22.1 Å². The van der Waals surface area contributed by atoms with E-state index >= 15 is 0 Å². The number of hydrogen-bond acceptors (Lipinski definition) is 3. The van der Waals surface area contributed by atoms with Crippen LogP contribution >= 0.6 is 35.6 Å². The number of hydrogen-bond donors (Lipinski definition) is 2. The van der Waals surface area contributed by atoms with Crippen molar-refractivity contribution in [3.8, 4) is 0 Å². The maximum absolute atomic E-state index is 6.11. The van der Waals surface area contributed by atoms with Gasteiger partial charge in [0.1, 0.15) is 0 Å². The Labute approximate surface area is 172 Å². The lowest BCUT2D eigenvalue weighted by molar-refractivity contribution is 0.0376. The topological polar surface area (TPSA) is 62.9 Å². The van der Waals surface area contributed by atoms with Crippen LogP contribution in [0.5, 0.6) is 0 Å². The molecule has 0 bridgehead atoms. The van der Waals surface area contributed by atoms with Gasteiger partial charge in [0.05, 0.1) is 19.8 Å². The van der Waals surface area contributed by atoms with Crippen LogP contribution in [0.2, 0.25) is 5.02 Å². The van der Waals surface area contributed by atoms with E-state index in [9.17, 15) is 0 Å². The van der Waals surface area contributed by atoms with Crippen LogP contribution in [0.15, 0.2) is 29.3 Å². The van der Waals surface area contributed by atoms with Gasteiger partial charge in [-0.05, 0) is 43.5 Å². The summed E-state index contributed by atoms with van der Waals surface area (Å²) in [6.45, 7) is 6.44. The zero-order valence-corrected chi connectivity index (χ0v) is 17.6. The van der Waals surface area contributed by atoms with Crippen molar-refractivity contribution in [2.75, 3.05) is 45.9 Å². The first-order valence-corrected chi connectivity index (χ1v) is 9.16. The molecule has 140 valence electrons. The molecule has 0 atom stereocenters. The number of nitrogens with one attached hydrogen (secondary N) is 1. The first kappa shape index (κ1) is 20.7. The summed E-state index contributed by atoms with van der Waals surface area (Å²) < 4.78 is 5.35. The molecular weight excluding hydrogens is 451 g/mol. The first-order valence-electron chi connectivity index (χ1n) is 8.78. The highest BCUT2D eigenvalue weighted by Gasteiger charge is 2.44. The van der Waals surface area contributed by atoms with Gasteiger partial charge in [0.2, 0.25) is 0 Å². The van der Waals surface area contributed by atoms with Crippen molar-refractivity contribution in [2.24, 2.45) is 10.7 Å². The fourth-order valence-electron chi connectivity index (χ4n) is 3.14. The second kappa shape index (κ2) is 9.94. The molecular formula is C18H28ClIN4O. The van der Waals surface area contributed by atoms with Crippen LogP contribution < -0.4 is 11.1 Å². The Balaban J connectivity index is 0.00000225. The molecule has 0 aromatic heterocycles. The SMILES string of the molecule is I.NC(=NCC1(c2cccc(Cl)c2)CC1)NCCCN1CCOCC1. The van der Waals surface area contributed by atoms with Crippen molar-refractivity contribution in [3.63, 3.8) is 0 Å². The monoisotopic (exact) mass is 478 g/mol. The molecule has 5 nitrogen and oxygen atoms in total. The molecule has 0 spiro atoms. The summed E-state index contributed by atoms with van der Waals surface area (Å²) in [5.74, 6) is 0.547. The molecule has 1 saturated carbocycles. The van der Waals surface area contributed by atoms with Gasteiger partial charge in [-0.1, -0.05) is 23.7 Å². The van der Waals surface area contributed by atoms with E-state index < -0.39 is 0 Å². The van der Waals surface area contributed by atoms with Crippen LogP contribution in [-0.2, 0) is 10.2 Å². The van der Waals surface area contributed by atoms with Crippen LogP contribution in [0.4, 0.5) is 0 Å². The van der Waals surface area contributed by atoms with E-state index in [0.717, 1.165) is 70.2 Å². The highest BCUT2D eigenvalue weighted by Crippen LogP contribution is 2.48. The summed E-state index contributed by atoms with van der Waals surface area (Å²) in [6.07, 6.45) is 3.37. The van der Waals surface area contributed by atoms with Gasteiger partial charge in [0.15, 0.2) is 5.96 Å². The first-order chi connectivity index (χ1) is 11.7. The van der Waals surface area contributed by atoms with Crippen molar-refractivity contribution < 1.29 is 4.74 Å². The Hall–Kier alpha value is -0.570. The molecule has 3 N–H and O–H groups in total. The zero-order chi connectivity index (χ0) is 16.8. The minimum atomic E-state index is 0. The fourth-order valence-corrected chi connectivity index (χ4v) is 3.33. The quantitative estimate of drug-likeness (QED) is 0.274. The lowest BCUT2D eigenvalue weighted by Gasteiger charge is -2.26. The highest BCUT2D eigenvalue weighted by atomic mass is 127. The summed E-state index contributed by atoms with van der Waals surface area (Å²) >= 11 is 6.11. The predicted octanol–water partition coefficient (Wildman–Crippen LogP) is 2.62. The van der Waals surface area contributed by atoms with E-state index in [1.54, 1.807) is 0 Å². The Morgan fingerprint density at radius 3 is 2.76 bits per heavy atom. The number of halogens is 2. The third kappa shape index (κ3) is 6.27. The van der Waals surface area contributed by atoms with Crippen molar-refractivity contribution in [3.05, 3.63) is 34.9 Å². The average Bonchev–Trinajstić information content (AvgIpc) is 3.39. The van der Waals surface area contributed by atoms with Crippen LogP contribution in [-0.4, -0.2) is 56.8 Å². The molecule has 1 aliphatic heterocycles. The molecule has 3 rings (SSSR count). The largest absolute Gasteiger partial charge is 0.379 e. The Bertz CT molecular complexity index is 574. The van der Waals surface area contributed by atoms with Gasteiger partial charge in [-0.3, -0.25) is 9.89 Å². The molecule has 0 radical (unpaired) electrons. The van der Waals surface area contributed by atoms with Gasteiger partial charge in [-0.25, -0.2) is 0 Å².